The van der Waals surface area contributed by atoms with Crippen LogP contribution >= 0.6 is 11.6 Å². The van der Waals surface area contributed by atoms with E-state index >= 15 is 0 Å². The average Bonchev–Trinajstić information content (AvgIpc) is 2.99. The van der Waals surface area contributed by atoms with Gasteiger partial charge in [-0.05, 0) is 32.0 Å². The van der Waals surface area contributed by atoms with Crippen molar-refractivity contribution in [2.45, 2.75) is 25.8 Å². The first kappa shape index (κ1) is 16.9. The van der Waals surface area contributed by atoms with Gasteiger partial charge >= 0.3 is 0 Å². The summed E-state index contributed by atoms with van der Waals surface area (Å²) >= 11 is 6.05. The maximum atomic E-state index is 12.5. The maximum absolute atomic E-state index is 12.5. The fourth-order valence-corrected chi connectivity index (χ4v) is 3.16. The number of likely N-dealkylation sites (tertiary alicyclic amines) is 1. The zero-order valence-corrected chi connectivity index (χ0v) is 14.1. The Kier molecular flexibility index (Phi) is 5.91. The van der Waals surface area contributed by atoms with Gasteiger partial charge in [-0.25, -0.2) is 0 Å². The van der Waals surface area contributed by atoms with Crippen molar-refractivity contribution < 1.29 is 14.3 Å². The van der Waals surface area contributed by atoms with Crippen LogP contribution in [0.25, 0.3) is 0 Å². The number of likely N-dealkylation sites (N-methyl/N-ethyl adjacent to an activating group) is 1. The Bertz CT molecular complexity index is 536. The van der Waals surface area contributed by atoms with E-state index in [1.54, 1.807) is 12.1 Å². The van der Waals surface area contributed by atoms with Gasteiger partial charge in [-0.2, -0.15) is 0 Å². The van der Waals surface area contributed by atoms with Gasteiger partial charge < -0.3 is 14.8 Å². The molecule has 22 heavy (non-hydrogen) atoms. The van der Waals surface area contributed by atoms with E-state index in [1.807, 2.05) is 0 Å². The lowest BCUT2D eigenvalue weighted by Gasteiger charge is -2.23. The van der Waals surface area contributed by atoms with Crippen molar-refractivity contribution >= 4 is 17.5 Å². The number of rotatable bonds is 6. The van der Waals surface area contributed by atoms with Crippen LogP contribution < -0.4 is 14.8 Å². The van der Waals surface area contributed by atoms with Crippen molar-refractivity contribution in [3.05, 3.63) is 22.7 Å². The number of halogens is 1. The standard InChI is InChI=1S/C16H23ClN2O3/c1-4-19-7-5-6-12(19)10-18-16(20)13-8-11(17)9-14(21-2)15(13)22-3/h8-9,12H,4-7,10H2,1-3H3,(H,18,20). The number of benzene rings is 1. The largest absolute Gasteiger partial charge is 0.493 e. The lowest BCUT2D eigenvalue weighted by Crippen LogP contribution is -2.40. The van der Waals surface area contributed by atoms with Gasteiger partial charge in [0.2, 0.25) is 0 Å². The van der Waals surface area contributed by atoms with Gasteiger partial charge in [0.05, 0.1) is 19.8 Å². The number of methoxy groups -OCH3 is 2. The predicted molar refractivity (Wildman–Crippen MR) is 87.2 cm³/mol. The molecule has 1 N–H and O–H groups in total. The highest BCUT2D eigenvalue weighted by atomic mass is 35.5. The molecule has 1 heterocycles. The van der Waals surface area contributed by atoms with Gasteiger partial charge in [0, 0.05) is 23.7 Å². The smallest absolute Gasteiger partial charge is 0.255 e. The number of hydrogen-bond donors (Lipinski definition) is 1. The lowest BCUT2D eigenvalue weighted by molar-refractivity contribution is 0.0937. The molecule has 1 aromatic carbocycles. The summed E-state index contributed by atoms with van der Waals surface area (Å²) < 4.78 is 10.5. The highest BCUT2D eigenvalue weighted by Crippen LogP contribution is 2.34. The Labute approximate surface area is 136 Å². The van der Waals surface area contributed by atoms with Gasteiger partial charge in [-0.1, -0.05) is 18.5 Å². The van der Waals surface area contributed by atoms with Crippen molar-refractivity contribution in [3.8, 4) is 11.5 Å². The van der Waals surface area contributed by atoms with E-state index in [2.05, 4.69) is 17.1 Å². The van der Waals surface area contributed by atoms with E-state index in [1.165, 1.54) is 20.6 Å². The summed E-state index contributed by atoms with van der Waals surface area (Å²) in [5.74, 6) is 0.667. The third kappa shape index (κ3) is 3.65. The molecule has 122 valence electrons. The molecular weight excluding hydrogens is 304 g/mol. The Morgan fingerprint density at radius 2 is 2.18 bits per heavy atom. The second-order valence-electron chi connectivity index (χ2n) is 5.32. The number of nitrogens with one attached hydrogen (secondary N) is 1. The molecule has 6 heteroatoms. The molecule has 1 fully saturated rings. The quantitative estimate of drug-likeness (QED) is 0.873. The van der Waals surface area contributed by atoms with Gasteiger partial charge in [0.25, 0.3) is 5.91 Å². The Morgan fingerprint density at radius 3 is 2.82 bits per heavy atom. The SMILES string of the molecule is CCN1CCCC1CNC(=O)c1cc(Cl)cc(OC)c1OC. The van der Waals surface area contributed by atoms with E-state index in [0.717, 1.165) is 19.5 Å². The molecule has 1 unspecified atom stereocenters. The molecule has 1 aliphatic rings. The summed E-state index contributed by atoms with van der Waals surface area (Å²) in [6.07, 6.45) is 2.30. The predicted octanol–water partition coefficient (Wildman–Crippen LogP) is 2.57. The van der Waals surface area contributed by atoms with Gasteiger partial charge in [-0.3, -0.25) is 9.69 Å². The molecule has 0 saturated carbocycles. The number of carbonyl (C=O) groups excluding carboxylic acids is 1. The van der Waals surface area contributed by atoms with Crippen molar-refractivity contribution in [3.63, 3.8) is 0 Å². The molecule has 0 bridgehead atoms. The lowest BCUT2D eigenvalue weighted by atomic mass is 10.1. The number of carbonyl (C=O) groups is 1. The molecule has 0 aromatic heterocycles. The minimum atomic E-state index is -0.194. The molecule has 0 spiro atoms. The van der Waals surface area contributed by atoms with Crippen molar-refractivity contribution in [1.82, 2.24) is 10.2 Å². The van der Waals surface area contributed by atoms with Gasteiger partial charge in [-0.15, -0.1) is 0 Å². The van der Waals surface area contributed by atoms with Crippen molar-refractivity contribution in [2.75, 3.05) is 33.9 Å². The van der Waals surface area contributed by atoms with E-state index in [9.17, 15) is 4.79 Å². The Morgan fingerprint density at radius 1 is 1.41 bits per heavy atom. The zero-order valence-electron chi connectivity index (χ0n) is 13.3. The summed E-state index contributed by atoms with van der Waals surface area (Å²) in [6, 6.07) is 3.64. The monoisotopic (exact) mass is 326 g/mol. The minimum Gasteiger partial charge on any atom is -0.493 e. The molecule has 1 aromatic rings. The molecule has 5 nitrogen and oxygen atoms in total. The fraction of sp³-hybridized carbons (Fsp3) is 0.562. The molecular formula is C16H23ClN2O3. The molecule has 1 atom stereocenters. The number of nitrogens with zero attached hydrogens (tertiary/aromatic N) is 1. The summed E-state index contributed by atoms with van der Waals surface area (Å²) in [4.78, 5) is 14.9. The van der Waals surface area contributed by atoms with E-state index in [-0.39, 0.29) is 5.91 Å². The second kappa shape index (κ2) is 7.70. The summed E-state index contributed by atoms with van der Waals surface area (Å²) in [5.41, 5.74) is 0.396. The molecule has 2 rings (SSSR count). The van der Waals surface area contributed by atoms with Crippen molar-refractivity contribution in [1.29, 1.82) is 0 Å². The van der Waals surface area contributed by atoms with Crippen LogP contribution in [-0.4, -0.2) is 50.7 Å². The third-order valence-electron chi connectivity index (χ3n) is 4.09. The zero-order chi connectivity index (χ0) is 16.1. The molecule has 0 aliphatic carbocycles. The molecule has 0 radical (unpaired) electrons. The highest BCUT2D eigenvalue weighted by Gasteiger charge is 2.24. The van der Waals surface area contributed by atoms with E-state index in [4.69, 9.17) is 21.1 Å². The average molecular weight is 327 g/mol. The first-order valence-electron chi connectivity index (χ1n) is 7.54. The number of hydrogen-bond acceptors (Lipinski definition) is 4. The van der Waals surface area contributed by atoms with Crippen LogP contribution in [0.5, 0.6) is 11.5 Å². The number of ether oxygens (including phenoxy) is 2. The Balaban J connectivity index is 2.10. The summed E-state index contributed by atoms with van der Waals surface area (Å²) in [7, 11) is 3.03. The molecule has 1 amide bonds. The highest BCUT2D eigenvalue weighted by molar-refractivity contribution is 6.31. The molecule has 1 saturated heterocycles. The first-order valence-corrected chi connectivity index (χ1v) is 7.92. The van der Waals surface area contributed by atoms with E-state index in [0.29, 0.717) is 34.7 Å². The third-order valence-corrected chi connectivity index (χ3v) is 4.31. The number of amides is 1. The van der Waals surface area contributed by atoms with Crippen LogP contribution in [0.3, 0.4) is 0 Å². The summed E-state index contributed by atoms with van der Waals surface area (Å²) in [5, 5.41) is 3.43. The van der Waals surface area contributed by atoms with Crippen LogP contribution in [0.1, 0.15) is 30.1 Å². The van der Waals surface area contributed by atoms with E-state index < -0.39 is 0 Å². The first-order chi connectivity index (χ1) is 10.6. The summed E-state index contributed by atoms with van der Waals surface area (Å²) in [6.45, 7) is 4.88. The Hall–Kier alpha value is -1.46. The fourth-order valence-electron chi connectivity index (χ4n) is 2.95. The van der Waals surface area contributed by atoms with Gasteiger partial charge in [0.1, 0.15) is 0 Å². The van der Waals surface area contributed by atoms with Crippen LogP contribution in [0, 0.1) is 0 Å². The maximum Gasteiger partial charge on any atom is 0.255 e. The van der Waals surface area contributed by atoms with Crippen LogP contribution in [0.15, 0.2) is 12.1 Å². The topological polar surface area (TPSA) is 50.8 Å². The normalized spacial score (nSPS) is 18.3. The van der Waals surface area contributed by atoms with Crippen LogP contribution in [0.4, 0.5) is 0 Å². The van der Waals surface area contributed by atoms with Gasteiger partial charge in [0.15, 0.2) is 11.5 Å². The minimum absolute atomic E-state index is 0.194. The van der Waals surface area contributed by atoms with Crippen LogP contribution in [-0.2, 0) is 0 Å². The van der Waals surface area contributed by atoms with Crippen molar-refractivity contribution in [2.24, 2.45) is 0 Å². The molecule has 1 aliphatic heterocycles. The van der Waals surface area contributed by atoms with Crippen LogP contribution in [0.2, 0.25) is 5.02 Å². The second-order valence-corrected chi connectivity index (χ2v) is 5.76.